The lowest BCUT2D eigenvalue weighted by molar-refractivity contribution is -0.904. The lowest BCUT2D eigenvalue weighted by Gasteiger charge is -2.10. The van der Waals surface area contributed by atoms with Crippen molar-refractivity contribution in [2.75, 3.05) is 6.54 Å². The summed E-state index contributed by atoms with van der Waals surface area (Å²) in [6.07, 6.45) is 10.1. The molecule has 0 radical (unpaired) electrons. The van der Waals surface area contributed by atoms with Crippen molar-refractivity contribution in [3.8, 4) is 11.1 Å². The molecule has 1 aromatic carbocycles. The maximum absolute atomic E-state index is 12.0. The number of hydrogen-bond acceptors (Lipinski definition) is 2. The molecular weight excluding hydrogens is 324 g/mol. The van der Waals surface area contributed by atoms with Gasteiger partial charge in [0.2, 0.25) is 18.3 Å². The third kappa shape index (κ3) is 6.17. The molecule has 1 amide bonds. The zero-order valence-corrected chi connectivity index (χ0v) is 15.9. The van der Waals surface area contributed by atoms with E-state index in [1.807, 2.05) is 50.2 Å². The zero-order valence-electron chi connectivity index (χ0n) is 15.9. The van der Waals surface area contributed by atoms with Gasteiger partial charge in [0, 0.05) is 23.4 Å². The van der Waals surface area contributed by atoms with Crippen molar-refractivity contribution >= 4 is 5.91 Å². The second-order valence-electron chi connectivity index (χ2n) is 6.63. The molecule has 0 saturated heterocycles. The number of hydrogen-bond donors (Lipinski definition) is 2. The van der Waals surface area contributed by atoms with Gasteiger partial charge in [-0.05, 0) is 29.0 Å². The van der Waals surface area contributed by atoms with E-state index in [0.717, 1.165) is 40.3 Å². The molecule has 26 heavy (non-hydrogen) atoms. The monoisotopic (exact) mass is 355 g/mol. The van der Waals surface area contributed by atoms with Gasteiger partial charge in [0.1, 0.15) is 0 Å². The van der Waals surface area contributed by atoms with Crippen molar-refractivity contribution in [1.82, 2.24) is 5.32 Å². The van der Waals surface area contributed by atoms with Crippen LogP contribution >= 0.6 is 0 Å². The number of amides is 1. The molecule has 0 bridgehead atoms. The maximum Gasteiger partial charge on any atom is 0.224 e. The molecule has 1 aliphatic rings. The van der Waals surface area contributed by atoms with Gasteiger partial charge >= 0.3 is 0 Å². The molecule has 4 nitrogen and oxygen atoms in total. The van der Waals surface area contributed by atoms with E-state index >= 15 is 0 Å². The third-order valence-electron chi connectivity index (χ3n) is 4.82. The number of carbonyl (C=O) groups is 1. The van der Waals surface area contributed by atoms with Crippen LogP contribution in [-0.2, 0) is 11.2 Å². The summed E-state index contributed by atoms with van der Waals surface area (Å²) in [5.41, 5.74) is 3.12. The Balaban J connectivity index is 0.00000117. The summed E-state index contributed by atoms with van der Waals surface area (Å²) in [5.74, 6) is 0.912. The zero-order chi connectivity index (χ0) is 18.8. The van der Waals surface area contributed by atoms with Crippen LogP contribution in [0.5, 0.6) is 0 Å². The second kappa shape index (κ2) is 10.6. The van der Waals surface area contributed by atoms with Crippen molar-refractivity contribution in [1.29, 1.82) is 0 Å². The fourth-order valence-electron chi connectivity index (χ4n) is 3.39. The van der Waals surface area contributed by atoms with Crippen LogP contribution < -0.4 is 10.0 Å². The van der Waals surface area contributed by atoms with Crippen LogP contribution in [0.4, 0.5) is 0 Å². The predicted octanol–water partition coefficient (Wildman–Crippen LogP) is 4.14. The minimum atomic E-state index is 0.0989. The van der Waals surface area contributed by atoms with Gasteiger partial charge < -0.3 is 5.32 Å². The van der Waals surface area contributed by atoms with E-state index in [0.29, 0.717) is 6.42 Å². The van der Waals surface area contributed by atoms with E-state index in [2.05, 4.69) is 5.32 Å². The van der Waals surface area contributed by atoms with Crippen LogP contribution in [0.25, 0.3) is 11.1 Å². The molecule has 4 heteroatoms. The Hall–Kier alpha value is -2.36. The highest BCUT2D eigenvalue weighted by Gasteiger charge is 2.14. The molecule has 1 heterocycles. The number of pyridine rings is 1. The van der Waals surface area contributed by atoms with Gasteiger partial charge in [0.25, 0.3) is 0 Å². The lowest BCUT2D eigenvalue weighted by Crippen LogP contribution is -2.27. The summed E-state index contributed by atoms with van der Waals surface area (Å²) in [4.78, 5) is 12.0. The molecule has 1 aliphatic carbocycles. The third-order valence-corrected chi connectivity index (χ3v) is 4.82. The maximum atomic E-state index is 12.0. The summed E-state index contributed by atoms with van der Waals surface area (Å²) in [6, 6.07) is 11.7. The first-order valence-electron chi connectivity index (χ1n) is 9.77. The second-order valence-corrected chi connectivity index (χ2v) is 6.63. The Morgan fingerprint density at radius 2 is 1.62 bits per heavy atom. The summed E-state index contributed by atoms with van der Waals surface area (Å²) >= 11 is 0. The van der Waals surface area contributed by atoms with Gasteiger partial charge in [-0.3, -0.25) is 10.0 Å². The topological polar surface area (TPSA) is 53.2 Å². The molecule has 140 valence electrons. The van der Waals surface area contributed by atoms with E-state index in [1.54, 1.807) is 12.4 Å². The summed E-state index contributed by atoms with van der Waals surface area (Å²) < 4.78 is 1.02. The molecule has 2 N–H and O–H groups in total. The van der Waals surface area contributed by atoms with Gasteiger partial charge in [-0.2, -0.15) is 0 Å². The Kier molecular flexibility index (Phi) is 8.13. The van der Waals surface area contributed by atoms with Crippen LogP contribution in [0.2, 0.25) is 0 Å². The van der Waals surface area contributed by atoms with Crippen molar-refractivity contribution in [2.45, 2.75) is 52.4 Å². The van der Waals surface area contributed by atoms with Gasteiger partial charge in [0.15, 0.2) is 0 Å². The smallest absolute Gasteiger partial charge is 0.224 e. The quantitative estimate of drug-likeness (QED) is 0.604. The average molecular weight is 356 g/mol. The van der Waals surface area contributed by atoms with Crippen molar-refractivity contribution < 1.29 is 14.7 Å². The molecule has 1 aromatic heterocycles. The van der Waals surface area contributed by atoms with Crippen molar-refractivity contribution in [2.24, 2.45) is 5.92 Å². The highest BCUT2D eigenvalue weighted by molar-refractivity contribution is 5.78. The van der Waals surface area contributed by atoms with Crippen LogP contribution in [-0.4, -0.2) is 17.7 Å². The van der Waals surface area contributed by atoms with Crippen LogP contribution in [0.3, 0.4) is 0 Å². The first-order valence-corrected chi connectivity index (χ1v) is 9.77. The summed E-state index contributed by atoms with van der Waals surface area (Å²) in [6.45, 7) is 4.80. The molecule has 1 saturated carbocycles. The predicted molar refractivity (Wildman–Crippen MR) is 104 cm³/mol. The van der Waals surface area contributed by atoms with Gasteiger partial charge in [-0.15, -0.1) is 0 Å². The fraction of sp³-hybridized carbons (Fsp3) is 0.455. The Morgan fingerprint density at radius 1 is 1.04 bits per heavy atom. The van der Waals surface area contributed by atoms with E-state index in [9.17, 15) is 10.0 Å². The molecule has 0 aliphatic heterocycles. The SMILES string of the molecule is CC.O=C(Cc1ccc(-c2cc[n+](O)cc2)cc1)NCCC1CCCC1. The van der Waals surface area contributed by atoms with E-state index in [4.69, 9.17) is 0 Å². The van der Waals surface area contributed by atoms with Gasteiger partial charge in [-0.1, -0.05) is 63.8 Å². The van der Waals surface area contributed by atoms with E-state index < -0.39 is 0 Å². The standard InChI is InChI=1S/C20H24N2O2.C2H6/c23-20(21-12-9-16-3-1-2-4-16)15-17-5-7-18(8-6-17)19-10-13-22(24)14-11-19;1-2/h5-8,10-11,13-14,16H,1-4,9,12,15H2,(H-,21,23,24);1-2H3/p+1. The molecule has 3 rings (SSSR count). The number of carbonyl (C=O) groups excluding carboxylic acids is 1. The Labute approximate surface area is 156 Å². The molecule has 2 aromatic rings. The molecule has 0 unspecified atom stereocenters. The van der Waals surface area contributed by atoms with Crippen LogP contribution in [0, 0.1) is 5.92 Å². The summed E-state index contributed by atoms with van der Waals surface area (Å²) in [5, 5.41) is 12.3. The minimum absolute atomic E-state index is 0.0989. The highest BCUT2D eigenvalue weighted by Crippen LogP contribution is 2.26. The minimum Gasteiger partial charge on any atom is -0.356 e. The first kappa shape index (κ1) is 20.0. The summed E-state index contributed by atoms with van der Waals surface area (Å²) in [7, 11) is 0. The van der Waals surface area contributed by atoms with Crippen LogP contribution in [0.15, 0.2) is 48.8 Å². The first-order chi connectivity index (χ1) is 12.7. The molecular formula is C22H31N2O2+. The van der Waals surface area contributed by atoms with Crippen molar-refractivity contribution in [3.63, 3.8) is 0 Å². The number of rotatable bonds is 6. The highest BCUT2D eigenvalue weighted by atomic mass is 16.5. The average Bonchev–Trinajstić information content (AvgIpc) is 3.18. The fourth-order valence-corrected chi connectivity index (χ4v) is 3.39. The Bertz CT molecular complexity index is 660. The lowest BCUT2D eigenvalue weighted by atomic mass is 10.0. The number of benzene rings is 1. The van der Waals surface area contributed by atoms with Crippen molar-refractivity contribution in [3.05, 3.63) is 54.4 Å². The molecule has 0 atom stereocenters. The molecule has 1 fully saturated rings. The van der Waals surface area contributed by atoms with Crippen LogP contribution in [0.1, 0.15) is 51.5 Å². The van der Waals surface area contributed by atoms with Gasteiger partial charge in [-0.25, -0.2) is 0 Å². The largest absolute Gasteiger partial charge is 0.356 e. The van der Waals surface area contributed by atoms with E-state index in [-0.39, 0.29) is 5.91 Å². The number of nitrogens with one attached hydrogen (secondary N) is 1. The van der Waals surface area contributed by atoms with E-state index in [1.165, 1.54) is 25.7 Å². The normalized spacial score (nSPS) is 13.8. The van der Waals surface area contributed by atoms with Gasteiger partial charge in [0.05, 0.1) is 6.42 Å². The molecule has 0 spiro atoms. The number of aromatic nitrogens is 1. The number of nitrogens with zero attached hydrogens (tertiary/aromatic N) is 1. The Morgan fingerprint density at radius 3 is 2.23 bits per heavy atom.